The van der Waals surface area contributed by atoms with Gasteiger partial charge in [-0.3, -0.25) is 4.79 Å². The molecule has 0 fully saturated rings. The Kier molecular flexibility index (Phi) is 6.15. The van der Waals surface area contributed by atoms with E-state index in [1.165, 1.54) is 0 Å². The predicted molar refractivity (Wildman–Crippen MR) is 78.4 cm³/mol. The van der Waals surface area contributed by atoms with Crippen molar-refractivity contribution in [3.8, 4) is 0 Å². The molecular weight excluding hydrogens is 242 g/mol. The van der Waals surface area contributed by atoms with Crippen LogP contribution in [0.2, 0.25) is 0 Å². The smallest absolute Gasteiger partial charge is 0.251 e. The maximum Gasteiger partial charge on any atom is 0.251 e. The first-order valence-electron chi connectivity index (χ1n) is 6.49. The van der Waals surface area contributed by atoms with Crippen LogP contribution in [0.5, 0.6) is 0 Å². The lowest BCUT2D eigenvalue weighted by Gasteiger charge is -2.20. The van der Waals surface area contributed by atoms with E-state index in [1.807, 2.05) is 0 Å². The number of carbonyl (C=O) groups excluding carboxylic acids is 1. The van der Waals surface area contributed by atoms with E-state index in [4.69, 9.17) is 10.5 Å². The Morgan fingerprint density at radius 1 is 1.47 bits per heavy atom. The van der Waals surface area contributed by atoms with Gasteiger partial charge in [0.25, 0.3) is 5.91 Å². The van der Waals surface area contributed by atoms with Gasteiger partial charge >= 0.3 is 0 Å². The lowest BCUT2D eigenvalue weighted by Crippen LogP contribution is -2.25. The summed E-state index contributed by atoms with van der Waals surface area (Å²) in [5, 5.41) is 5.94. The number of nitrogens with one attached hydrogen (secondary N) is 2. The number of amides is 1. The van der Waals surface area contributed by atoms with Crippen molar-refractivity contribution >= 4 is 17.3 Å². The van der Waals surface area contributed by atoms with E-state index >= 15 is 0 Å². The van der Waals surface area contributed by atoms with Gasteiger partial charge in [0, 0.05) is 25.8 Å². The van der Waals surface area contributed by atoms with Crippen LogP contribution in [0.4, 0.5) is 11.4 Å². The monoisotopic (exact) mass is 265 g/mol. The molecule has 0 saturated heterocycles. The molecule has 0 aliphatic heterocycles. The van der Waals surface area contributed by atoms with E-state index < -0.39 is 0 Å². The molecule has 0 saturated carbocycles. The SMILES string of the molecule is CCCC(COC)Nc1cc(C(=O)NC)ccc1N. The van der Waals surface area contributed by atoms with Gasteiger partial charge in [-0.25, -0.2) is 0 Å². The van der Waals surface area contributed by atoms with Crippen LogP contribution in [0, 0.1) is 0 Å². The molecule has 4 N–H and O–H groups in total. The molecule has 1 atom stereocenters. The minimum atomic E-state index is -0.123. The summed E-state index contributed by atoms with van der Waals surface area (Å²) in [7, 11) is 3.28. The van der Waals surface area contributed by atoms with E-state index in [0.29, 0.717) is 17.9 Å². The summed E-state index contributed by atoms with van der Waals surface area (Å²) in [4.78, 5) is 11.6. The van der Waals surface area contributed by atoms with Gasteiger partial charge in [0.15, 0.2) is 0 Å². The highest BCUT2D eigenvalue weighted by Gasteiger charge is 2.11. The average molecular weight is 265 g/mol. The fourth-order valence-corrected chi connectivity index (χ4v) is 1.93. The molecular formula is C14H23N3O2. The van der Waals surface area contributed by atoms with Crippen LogP contribution in [0.1, 0.15) is 30.1 Å². The number of rotatable bonds is 7. The average Bonchev–Trinajstić information content (AvgIpc) is 2.41. The van der Waals surface area contributed by atoms with Gasteiger partial charge in [-0.05, 0) is 24.6 Å². The maximum absolute atomic E-state index is 11.6. The van der Waals surface area contributed by atoms with Crippen molar-refractivity contribution in [1.82, 2.24) is 5.32 Å². The molecule has 1 aromatic rings. The molecule has 0 heterocycles. The van der Waals surface area contributed by atoms with E-state index in [-0.39, 0.29) is 11.9 Å². The molecule has 0 spiro atoms. The van der Waals surface area contributed by atoms with Crippen molar-refractivity contribution in [2.75, 3.05) is 31.8 Å². The Morgan fingerprint density at radius 2 is 2.21 bits per heavy atom. The van der Waals surface area contributed by atoms with Crippen molar-refractivity contribution < 1.29 is 9.53 Å². The minimum absolute atomic E-state index is 0.123. The number of ether oxygens (including phenoxy) is 1. The summed E-state index contributed by atoms with van der Waals surface area (Å²) < 4.78 is 5.18. The zero-order valence-corrected chi connectivity index (χ0v) is 11.8. The summed E-state index contributed by atoms with van der Waals surface area (Å²) in [5.41, 5.74) is 7.93. The topological polar surface area (TPSA) is 76.4 Å². The summed E-state index contributed by atoms with van der Waals surface area (Å²) in [6.45, 7) is 2.73. The van der Waals surface area contributed by atoms with Crippen LogP contribution in [0.25, 0.3) is 0 Å². The maximum atomic E-state index is 11.6. The van der Waals surface area contributed by atoms with Crippen molar-refractivity contribution in [2.24, 2.45) is 0 Å². The van der Waals surface area contributed by atoms with Crippen molar-refractivity contribution in [2.45, 2.75) is 25.8 Å². The second-order valence-corrected chi connectivity index (χ2v) is 4.47. The Balaban J connectivity index is 2.88. The number of hydrogen-bond donors (Lipinski definition) is 3. The third kappa shape index (κ3) is 4.44. The molecule has 1 rings (SSSR count). The highest BCUT2D eigenvalue weighted by atomic mass is 16.5. The molecule has 1 unspecified atom stereocenters. The van der Waals surface area contributed by atoms with Gasteiger partial charge in [0.1, 0.15) is 0 Å². The molecule has 106 valence electrons. The lowest BCUT2D eigenvalue weighted by atomic mass is 10.1. The van der Waals surface area contributed by atoms with Gasteiger partial charge < -0.3 is 21.1 Å². The molecule has 0 aliphatic rings. The number of nitrogens with two attached hydrogens (primary N) is 1. The molecule has 1 aromatic carbocycles. The van der Waals surface area contributed by atoms with Crippen LogP contribution in [-0.2, 0) is 4.74 Å². The zero-order valence-electron chi connectivity index (χ0n) is 11.8. The van der Waals surface area contributed by atoms with Crippen LogP contribution in [0.3, 0.4) is 0 Å². The predicted octanol–water partition coefficient (Wildman–Crippen LogP) is 1.86. The Labute approximate surface area is 114 Å². The third-order valence-corrected chi connectivity index (χ3v) is 2.91. The summed E-state index contributed by atoms with van der Waals surface area (Å²) >= 11 is 0. The van der Waals surface area contributed by atoms with Crippen LogP contribution in [0.15, 0.2) is 18.2 Å². The molecule has 19 heavy (non-hydrogen) atoms. The van der Waals surface area contributed by atoms with Crippen LogP contribution in [-0.4, -0.2) is 32.7 Å². The molecule has 0 radical (unpaired) electrons. The van der Waals surface area contributed by atoms with Crippen LogP contribution >= 0.6 is 0 Å². The second-order valence-electron chi connectivity index (χ2n) is 4.47. The molecule has 0 aliphatic carbocycles. The number of nitrogen functional groups attached to an aromatic ring is 1. The molecule has 0 bridgehead atoms. The quantitative estimate of drug-likeness (QED) is 0.658. The van der Waals surface area contributed by atoms with Gasteiger partial charge in [-0.2, -0.15) is 0 Å². The van der Waals surface area contributed by atoms with Crippen molar-refractivity contribution in [3.63, 3.8) is 0 Å². The molecule has 1 amide bonds. The number of methoxy groups -OCH3 is 1. The summed E-state index contributed by atoms with van der Waals surface area (Å²) in [6, 6.07) is 5.41. The van der Waals surface area contributed by atoms with Gasteiger partial charge in [0.2, 0.25) is 0 Å². The van der Waals surface area contributed by atoms with Crippen LogP contribution < -0.4 is 16.4 Å². The number of anilines is 2. The largest absolute Gasteiger partial charge is 0.397 e. The lowest BCUT2D eigenvalue weighted by molar-refractivity contribution is 0.0963. The first kappa shape index (κ1) is 15.3. The number of carbonyl (C=O) groups is 1. The highest BCUT2D eigenvalue weighted by Crippen LogP contribution is 2.22. The highest BCUT2D eigenvalue weighted by molar-refractivity contribution is 5.96. The number of benzene rings is 1. The van der Waals surface area contributed by atoms with Crippen molar-refractivity contribution in [1.29, 1.82) is 0 Å². The Morgan fingerprint density at radius 3 is 2.79 bits per heavy atom. The van der Waals surface area contributed by atoms with Gasteiger partial charge in [-0.15, -0.1) is 0 Å². The first-order valence-corrected chi connectivity index (χ1v) is 6.49. The third-order valence-electron chi connectivity index (χ3n) is 2.91. The fourth-order valence-electron chi connectivity index (χ4n) is 1.93. The van der Waals surface area contributed by atoms with Gasteiger partial charge in [-0.1, -0.05) is 13.3 Å². The van der Waals surface area contributed by atoms with E-state index in [2.05, 4.69) is 17.6 Å². The second kappa shape index (κ2) is 7.63. The Bertz CT molecular complexity index is 415. The fraction of sp³-hybridized carbons (Fsp3) is 0.500. The number of hydrogen-bond acceptors (Lipinski definition) is 4. The minimum Gasteiger partial charge on any atom is -0.397 e. The first-order chi connectivity index (χ1) is 9.12. The Hall–Kier alpha value is -1.75. The van der Waals surface area contributed by atoms with E-state index in [0.717, 1.165) is 18.5 Å². The van der Waals surface area contributed by atoms with E-state index in [9.17, 15) is 4.79 Å². The molecule has 5 heteroatoms. The standard InChI is InChI=1S/C14H23N3O2/c1-4-5-11(9-19-3)17-13-8-10(14(18)16-2)6-7-12(13)15/h6-8,11,17H,4-5,9,15H2,1-3H3,(H,16,18). The van der Waals surface area contributed by atoms with Crippen molar-refractivity contribution in [3.05, 3.63) is 23.8 Å². The molecule has 5 nitrogen and oxygen atoms in total. The normalized spacial score (nSPS) is 11.9. The van der Waals surface area contributed by atoms with E-state index in [1.54, 1.807) is 32.4 Å². The zero-order chi connectivity index (χ0) is 14.3. The van der Waals surface area contributed by atoms with Gasteiger partial charge in [0.05, 0.1) is 18.0 Å². The molecule has 0 aromatic heterocycles. The summed E-state index contributed by atoms with van der Waals surface area (Å²) in [6.07, 6.45) is 2.04. The summed E-state index contributed by atoms with van der Waals surface area (Å²) in [5.74, 6) is -0.123.